The second kappa shape index (κ2) is 7.93. The van der Waals surface area contributed by atoms with Gasteiger partial charge < -0.3 is 9.47 Å². The van der Waals surface area contributed by atoms with Gasteiger partial charge in [-0.15, -0.1) is 0 Å². The molecule has 1 heterocycles. The highest BCUT2D eigenvalue weighted by Gasteiger charge is 2.19. The number of hydrogen-bond donors (Lipinski definition) is 1. The van der Waals surface area contributed by atoms with Gasteiger partial charge >= 0.3 is 0 Å². The van der Waals surface area contributed by atoms with Crippen molar-refractivity contribution in [1.29, 1.82) is 0 Å². The fourth-order valence-corrected chi connectivity index (χ4v) is 3.88. The highest BCUT2D eigenvalue weighted by atomic mass is 32.2. The molecule has 0 fully saturated rings. The highest BCUT2D eigenvalue weighted by Crippen LogP contribution is 2.33. The first-order chi connectivity index (χ1) is 12.9. The van der Waals surface area contributed by atoms with Gasteiger partial charge in [-0.3, -0.25) is 10.1 Å². The lowest BCUT2D eigenvalue weighted by atomic mass is 9.97. The molecule has 0 saturated carbocycles. The predicted octanol–water partition coefficient (Wildman–Crippen LogP) is 2.84. The van der Waals surface area contributed by atoms with E-state index in [4.69, 9.17) is 9.47 Å². The van der Waals surface area contributed by atoms with E-state index in [1.165, 1.54) is 18.2 Å². The summed E-state index contributed by atoms with van der Waals surface area (Å²) in [5.41, 5.74) is 0.760. The van der Waals surface area contributed by atoms with Gasteiger partial charge in [-0.1, -0.05) is 19.1 Å². The van der Waals surface area contributed by atoms with Gasteiger partial charge in [-0.2, -0.15) is 0 Å². The number of sulfonamides is 1. The van der Waals surface area contributed by atoms with Crippen LogP contribution in [-0.4, -0.2) is 33.1 Å². The topological polar surface area (TPSA) is 108 Å². The minimum Gasteiger partial charge on any atom is -0.486 e. The van der Waals surface area contributed by atoms with Crippen molar-refractivity contribution in [3.8, 4) is 11.5 Å². The molecule has 144 valence electrons. The van der Waals surface area contributed by atoms with Crippen LogP contribution in [0.25, 0.3) is 0 Å². The first-order valence-electron chi connectivity index (χ1n) is 8.50. The van der Waals surface area contributed by atoms with E-state index in [-0.39, 0.29) is 23.0 Å². The lowest BCUT2D eigenvalue weighted by Gasteiger charge is -2.20. The van der Waals surface area contributed by atoms with Gasteiger partial charge in [0.2, 0.25) is 10.0 Å². The van der Waals surface area contributed by atoms with E-state index in [1.54, 1.807) is 0 Å². The summed E-state index contributed by atoms with van der Waals surface area (Å²) in [4.78, 5) is 10.1. The van der Waals surface area contributed by atoms with Crippen LogP contribution >= 0.6 is 0 Å². The first-order valence-corrected chi connectivity index (χ1v) is 9.99. The molecule has 8 nitrogen and oxygen atoms in total. The number of nitro benzene ring substituents is 1. The van der Waals surface area contributed by atoms with E-state index in [0.717, 1.165) is 11.6 Å². The Morgan fingerprint density at radius 3 is 2.63 bits per heavy atom. The summed E-state index contributed by atoms with van der Waals surface area (Å²) in [5.74, 6) is 1.50. The maximum absolute atomic E-state index is 12.3. The van der Waals surface area contributed by atoms with E-state index in [1.807, 2.05) is 25.1 Å². The van der Waals surface area contributed by atoms with E-state index < -0.39 is 14.9 Å². The number of ether oxygens (including phenoxy) is 2. The van der Waals surface area contributed by atoms with Crippen molar-refractivity contribution in [1.82, 2.24) is 4.72 Å². The van der Waals surface area contributed by atoms with Crippen LogP contribution in [-0.2, 0) is 10.0 Å². The van der Waals surface area contributed by atoms with Gasteiger partial charge in [0.05, 0.1) is 9.82 Å². The SMILES string of the molecule is CC(CCNS(=O)(=O)c1cccc([N+](=O)[O-])c1)c1ccc2c(c1)OCCO2. The van der Waals surface area contributed by atoms with E-state index in [0.29, 0.717) is 31.1 Å². The number of non-ortho nitro benzene ring substituents is 1. The Balaban J connectivity index is 1.61. The summed E-state index contributed by atoms with van der Waals surface area (Å²) in [6.45, 7) is 3.24. The second-order valence-electron chi connectivity index (χ2n) is 6.25. The van der Waals surface area contributed by atoms with Crippen LogP contribution in [0, 0.1) is 10.1 Å². The van der Waals surface area contributed by atoms with Crippen molar-refractivity contribution >= 4 is 15.7 Å². The van der Waals surface area contributed by atoms with Gasteiger partial charge in [0.25, 0.3) is 5.69 Å². The van der Waals surface area contributed by atoms with Gasteiger partial charge in [0.1, 0.15) is 13.2 Å². The maximum Gasteiger partial charge on any atom is 0.270 e. The molecule has 1 aliphatic heterocycles. The minimum absolute atomic E-state index is 0.0913. The van der Waals surface area contributed by atoms with Crippen molar-refractivity contribution in [2.45, 2.75) is 24.2 Å². The van der Waals surface area contributed by atoms with Crippen LogP contribution in [0.2, 0.25) is 0 Å². The number of nitrogens with one attached hydrogen (secondary N) is 1. The monoisotopic (exact) mass is 392 g/mol. The minimum atomic E-state index is -3.81. The lowest BCUT2D eigenvalue weighted by molar-refractivity contribution is -0.385. The van der Waals surface area contributed by atoms with E-state index >= 15 is 0 Å². The highest BCUT2D eigenvalue weighted by molar-refractivity contribution is 7.89. The number of benzene rings is 2. The summed E-state index contributed by atoms with van der Waals surface area (Å²) >= 11 is 0. The normalized spacial score (nSPS) is 14.6. The lowest BCUT2D eigenvalue weighted by Crippen LogP contribution is -2.25. The molecule has 1 N–H and O–H groups in total. The molecule has 0 aliphatic carbocycles. The Bertz CT molecular complexity index is 945. The molecule has 27 heavy (non-hydrogen) atoms. The Kier molecular flexibility index (Phi) is 5.62. The number of fused-ring (bicyclic) bond motifs is 1. The smallest absolute Gasteiger partial charge is 0.270 e. The van der Waals surface area contributed by atoms with E-state index in [2.05, 4.69) is 4.72 Å². The molecule has 9 heteroatoms. The molecule has 1 aliphatic rings. The fourth-order valence-electron chi connectivity index (χ4n) is 2.79. The largest absolute Gasteiger partial charge is 0.486 e. The first kappa shape index (κ1) is 19.1. The molecular weight excluding hydrogens is 372 g/mol. The van der Waals surface area contributed by atoms with Crippen LogP contribution < -0.4 is 14.2 Å². The third-order valence-corrected chi connectivity index (χ3v) is 5.80. The van der Waals surface area contributed by atoms with Gasteiger partial charge in [0.15, 0.2) is 11.5 Å². The molecule has 1 atom stereocenters. The molecule has 0 bridgehead atoms. The number of nitro groups is 1. The standard InChI is InChI=1S/C18H20N2O6S/c1-13(14-5-6-17-18(11-14)26-10-9-25-17)7-8-19-27(23,24)16-4-2-3-15(12-16)20(21)22/h2-6,11-13,19H,7-10H2,1H3. The third kappa shape index (κ3) is 4.55. The second-order valence-corrected chi connectivity index (χ2v) is 8.01. The number of rotatable bonds is 7. The van der Waals surface area contributed by atoms with Crippen LogP contribution in [0.15, 0.2) is 47.4 Å². The fraction of sp³-hybridized carbons (Fsp3) is 0.333. The van der Waals surface area contributed by atoms with Gasteiger partial charge in [0, 0.05) is 18.7 Å². The van der Waals surface area contributed by atoms with Crippen molar-refractivity contribution in [3.63, 3.8) is 0 Å². The van der Waals surface area contributed by atoms with Crippen LogP contribution in [0.5, 0.6) is 11.5 Å². The Morgan fingerprint density at radius 1 is 1.15 bits per heavy atom. The average Bonchev–Trinajstić information content (AvgIpc) is 2.67. The van der Waals surface area contributed by atoms with Crippen LogP contribution in [0.1, 0.15) is 24.8 Å². The summed E-state index contributed by atoms with van der Waals surface area (Å²) in [6, 6.07) is 10.7. The molecule has 0 amide bonds. The van der Waals surface area contributed by atoms with Crippen molar-refractivity contribution in [2.75, 3.05) is 19.8 Å². The average molecular weight is 392 g/mol. The predicted molar refractivity (Wildman–Crippen MR) is 98.7 cm³/mol. The molecule has 0 spiro atoms. The molecule has 0 saturated heterocycles. The summed E-state index contributed by atoms with van der Waals surface area (Å²) < 4.78 is 38.3. The van der Waals surface area contributed by atoms with Crippen molar-refractivity contribution in [2.24, 2.45) is 0 Å². The molecular formula is C18H20N2O6S. The molecule has 1 unspecified atom stereocenters. The molecule has 2 aromatic rings. The molecule has 0 radical (unpaired) electrons. The van der Waals surface area contributed by atoms with Gasteiger partial charge in [-0.25, -0.2) is 13.1 Å². The van der Waals surface area contributed by atoms with E-state index in [9.17, 15) is 18.5 Å². The zero-order valence-corrected chi connectivity index (χ0v) is 15.6. The third-order valence-electron chi connectivity index (χ3n) is 4.34. The Morgan fingerprint density at radius 2 is 1.89 bits per heavy atom. The number of hydrogen-bond acceptors (Lipinski definition) is 6. The van der Waals surface area contributed by atoms with Crippen molar-refractivity contribution in [3.05, 3.63) is 58.1 Å². The summed E-state index contributed by atoms with van der Waals surface area (Å²) in [6.07, 6.45) is 0.563. The number of nitrogens with zero attached hydrogens (tertiary/aromatic N) is 1. The molecule has 2 aromatic carbocycles. The molecule has 0 aromatic heterocycles. The van der Waals surface area contributed by atoms with Gasteiger partial charge in [-0.05, 0) is 36.1 Å². The summed E-state index contributed by atoms with van der Waals surface area (Å²) in [5, 5.41) is 10.8. The summed E-state index contributed by atoms with van der Waals surface area (Å²) in [7, 11) is -3.81. The Hall–Kier alpha value is -2.65. The van der Waals surface area contributed by atoms with Crippen molar-refractivity contribution < 1.29 is 22.8 Å². The van der Waals surface area contributed by atoms with Crippen LogP contribution in [0.3, 0.4) is 0 Å². The zero-order chi connectivity index (χ0) is 19.4. The zero-order valence-electron chi connectivity index (χ0n) is 14.8. The Labute approximate surface area is 157 Å². The molecule has 3 rings (SSSR count). The maximum atomic E-state index is 12.3. The quantitative estimate of drug-likeness (QED) is 0.573. The van der Waals surface area contributed by atoms with Crippen LogP contribution in [0.4, 0.5) is 5.69 Å².